The first-order chi connectivity index (χ1) is 17.6. The van der Waals surface area contributed by atoms with E-state index in [2.05, 4.69) is 66.4 Å². The normalized spacial score (nSPS) is 19.2. The fourth-order valence-electron chi connectivity index (χ4n) is 5.16. The second-order valence-electron chi connectivity index (χ2n) is 9.81. The summed E-state index contributed by atoms with van der Waals surface area (Å²) in [7, 11) is 0. The zero-order chi connectivity index (χ0) is 24.9. The van der Waals surface area contributed by atoms with E-state index >= 15 is 0 Å². The number of hydrogen-bond acceptors (Lipinski definition) is 6. The Labute approximate surface area is 213 Å². The van der Waals surface area contributed by atoms with Gasteiger partial charge in [-0.1, -0.05) is 42.5 Å². The van der Waals surface area contributed by atoms with E-state index in [1.165, 1.54) is 5.56 Å². The molecule has 2 fully saturated rings. The first-order valence-corrected chi connectivity index (χ1v) is 12.9. The molecule has 0 bridgehead atoms. The molecule has 4 heterocycles. The van der Waals surface area contributed by atoms with Gasteiger partial charge in [-0.25, -0.2) is 4.68 Å². The molecule has 0 saturated carbocycles. The number of nitrogens with zero attached hydrogens (tertiary/aromatic N) is 7. The molecule has 2 saturated heterocycles. The van der Waals surface area contributed by atoms with Crippen LogP contribution in [0.4, 0.5) is 5.82 Å². The molecule has 1 aromatic carbocycles. The van der Waals surface area contributed by atoms with Gasteiger partial charge >= 0.3 is 0 Å². The molecule has 0 N–H and O–H groups in total. The maximum Gasteiger partial charge on any atom is 0.227 e. The standard InChI is InChI=1S/C28H35N7O/c1-22-20-23(2)35(31-22)27-13-12-26(29-30-27)34-15-7-11-25(21-34)28(36)33-18-16-32(17-19-33)14-6-10-24-8-4-3-5-9-24/h3-6,8-10,12-13,20,25H,7,11,14-19,21H2,1-2H3/b10-6+. The number of aromatic nitrogens is 4. The number of amides is 1. The summed E-state index contributed by atoms with van der Waals surface area (Å²) >= 11 is 0. The van der Waals surface area contributed by atoms with Gasteiger partial charge in [-0.2, -0.15) is 5.10 Å². The summed E-state index contributed by atoms with van der Waals surface area (Å²) in [5.41, 5.74) is 3.21. The highest BCUT2D eigenvalue weighted by Crippen LogP contribution is 2.24. The maximum absolute atomic E-state index is 13.3. The third kappa shape index (κ3) is 5.65. The lowest BCUT2D eigenvalue weighted by molar-refractivity contribution is -0.137. The Morgan fingerprint density at radius 3 is 2.42 bits per heavy atom. The average molecular weight is 486 g/mol. The van der Waals surface area contributed by atoms with Crippen LogP contribution >= 0.6 is 0 Å². The largest absolute Gasteiger partial charge is 0.354 e. The lowest BCUT2D eigenvalue weighted by atomic mass is 9.96. The molecular weight excluding hydrogens is 450 g/mol. The number of carbonyl (C=O) groups excluding carboxylic acids is 1. The fourth-order valence-corrected chi connectivity index (χ4v) is 5.16. The summed E-state index contributed by atoms with van der Waals surface area (Å²) in [6.45, 7) is 9.93. The third-order valence-electron chi connectivity index (χ3n) is 7.12. The number of rotatable bonds is 6. The van der Waals surface area contributed by atoms with Crippen LogP contribution in [0.3, 0.4) is 0 Å². The van der Waals surface area contributed by atoms with Crippen molar-refractivity contribution in [1.29, 1.82) is 0 Å². The molecule has 8 heteroatoms. The van der Waals surface area contributed by atoms with Crippen LogP contribution in [0.25, 0.3) is 11.9 Å². The number of piperazine rings is 1. The lowest BCUT2D eigenvalue weighted by Gasteiger charge is -2.39. The Kier molecular flexibility index (Phi) is 7.41. The minimum Gasteiger partial charge on any atom is -0.354 e. The van der Waals surface area contributed by atoms with Gasteiger partial charge in [0.05, 0.1) is 11.6 Å². The average Bonchev–Trinajstić information content (AvgIpc) is 3.27. The van der Waals surface area contributed by atoms with E-state index in [9.17, 15) is 4.79 Å². The van der Waals surface area contributed by atoms with E-state index in [1.54, 1.807) is 0 Å². The Hall–Kier alpha value is -3.52. The third-order valence-corrected chi connectivity index (χ3v) is 7.12. The molecule has 2 aliphatic heterocycles. The van der Waals surface area contributed by atoms with Crippen molar-refractivity contribution >= 4 is 17.8 Å². The summed E-state index contributed by atoms with van der Waals surface area (Å²) in [4.78, 5) is 20.0. The molecule has 1 amide bonds. The number of anilines is 1. The van der Waals surface area contributed by atoms with Gasteiger partial charge in [0.15, 0.2) is 11.6 Å². The van der Waals surface area contributed by atoms with E-state index in [1.807, 2.05) is 42.8 Å². The number of piperidine rings is 1. The van der Waals surface area contributed by atoms with E-state index in [0.29, 0.717) is 12.4 Å². The quantitative estimate of drug-likeness (QED) is 0.533. The zero-order valence-corrected chi connectivity index (χ0v) is 21.3. The molecule has 0 radical (unpaired) electrons. The summed E-state index contributed by atoms with van der Waals surface area (Å²) in [5, 5.41) is 13.4. The first-order valence-electron chi connectivity index (χ1n) is 12.9. The summed E-state index contributed by atoms with van der Waals surface area (Å²) < 4.78 is 1.81. The van der Waals surface area contributed by atoms with Crippen molar-refractivity contribution in [3.63, 3.8) is 0 Å². The molecule has 36 heavy (non-hydrogen) atoms. The van der Waals surface area contributed by atoms with Gasteiger partial charge in [0.25, 0.3) is 0 Å². The van der Waals surface area contributed by atoms with Gasteiger partial charge in [0.2, 0.25) is 5.91 Å². The second kappa shape index (κ2) is 11.0. The van der Waals surface area contributed by atoms with E-state index < -0.39 is 0 Å². The van der Waals surface area contributed by atoms with Crippen LogP contribution in [0.2, 0.25) is 0 Å². The molecule has 2 aromatic heterocycles. The highest BCUT2D eigenvalue weighted by molar-refractivity contribution is 5.80. The van der Waals surface area contributed by atoms with Gasteiger partial charge in [-0.3, -0.25) is 9.69 Å². The molecule has 0 aliphatic carbocycles. The summed E-state index contributed by atoms with van der Waals surface area (Å²) in [5.74, 6) is 1.84. The Morgan fingerprint density at radius 1 is 0.972 bits per heavy atom. The number of benzene rings is 1. The van der Waals surface area contributed by atoms with Crippen LogP contribution in [0.15, 0.2) is 54.6 Å². The van der Waals surface area contributed by atoms with Gasteiger partial charge in [0.1, 0.15) is 0 Å². The minimum absolute atomic E-state index is 0.0146. The second-order valence-corrected chi connectivity index (χ2v) is 9.81. The van der Waals surface area contributed by atoms with Crippen LogP contribution in [0.1, 0.15) is 29.8 Å². The van der Waals surface area contributed by atoms with Crippen molar-refractivity contribution in [2.75, 3.05) is 50.7 Å². The molecule has 5 rings (SSSR count). The molecule has 3 aromatic rings. The maximum atomic E-state index is 13.3. The highest BCUT2D eigenvalue weighted by Gasteiger charge is 2.31. The molecular formula is C28H35N7O. The topological polar surface area (TPSA) is 70.4 Å². The fraction of sp³-hybridized carbons (Fsp3) is 0.429. The van der Waals surface area contributed by atoms with Crippen LogP contribution < -0.4 is 4.90 Å². The van der Waals surface area contributed by atoms with Crippen molar-refractivity contribution in [2.24, 2.45) is 5.92 Å². The van der Waals surface area contributed by atoms with Crippen molar-refractivity contribution in [1.82, 2.24) is 29.8 Å². The molecule has 1 unspecified atom stereocenters. The van der Waals surface area contributed by atoms with Crippen LogP contribution in [0, 0.1) is 19.8 Å². The predicted molar refractivity (Wildman–Crippen MR) is 142 cm³/mol. The van der Waals surface area contributed by atoms with Crippen LogP contribution in [-0.4, -0.2) is 81.5 Å². The zero-order valence-electron chi connectivity index (χ0n) is 21.3. The van der Waals surface area contributed by atoms with E-state index in [-0.39, 0.29) is 11.8 Å². The molecule has 2 aliphatic rings. The molecule has 8 nitrogen and oxygen atoms in total. The van der Waals surface area contributed by atoms with Crippen molar-refractivity contribution in [3.05, 3.63) is 71.6 Å². The van der Waals surface area contributed by atoms with E-state index in [4.69, 9.17) is 0 Å². The lowest BCUT2D eigenvalue weighted by Crippen LogP contribution is -2.52. The minimum atomic E-state index is 0.0146. The summed E-state index contributed by atoms with van der Waals surface area (Å²) in [6.07, 6.45) is 6.31. The molecule has 188 valence electrons. The van der Waals surface area contributed by atoms with Gasteiger partial charge in [0, 0.05) is 51.5 Å². The number of aryl methyl sites for hydroxylation is 2. The van der Waals surface area contributed by atoms with Crippen molar-refractivity contribution in [2.45, 2.75) is 26.7 Å². The molecule has 0 spiro atoms. The Balaban J connectivity index is 1.13. The van der Waals surface area contributed by atoms with Gasteiger partial charge < -0.3 is 9.80 Å². The molecule has 1 atom stereocenters. The number of hydrogen-bond donors (Lipinski definition) is 0. The van der Waals surface area contributed by atoms with Crippen LogP contribution in [-0.2, 0) is 4.79 Å². The smallest absolute Gasteiger partial charge is 0.227 e. The first kappa shape index (κ1) is 24.2. The Bertz CT molecular complexity index is 1180. The van der Waals surface area contributed by atoms with Gasteiger partial charge in [-0.15, -0.1) is 10.2 Å². The van der Waals surface area contributed by atoms with Crippen molar-refractivity contribution in [3.8, 4) is 5.82 Å². The summed E-state index contributed by atoms with van der Waals surface area (Å²) in [6, 6.07) is 16.3. The Morgan fingerprint density at radius 2 is 1.72 bits per heavy atom. The van der Waals surface area contributed by atoms with Gasteiger partial charge in [-0.05, 0) is 50.5 Å². The van der Waals surface area contributed by atoms with E-state index in [0.717, 1.165) is 69.3 Å². The van der Waals surface area contributed by atoms with Crippen molar-refractivity contribution < 1.29 is 4.79 Å². The van der Waals surface area contributed by atoms with Crippen LogP contribution in [0.5, 0.6) is 0 Å². The predicted octanol–water partition coefficient (Wildman–Crippen LogP) is 3.35. The number of carbonyl (C=O) groups is 1. The highest BCUT2D eigenvalue weighted by atomic mass is 16.2. The SMILES string of the molecule is Cc1cc(C)n(-c2ccc(N3CCCC(C(=O)N4CCN(C/C=C/c5ccccc5)CC4)C3)nn2)n1. The monoisotopic (exact) mass is 485 g/mol.